The van der Waals surface area contributed by atoms with Crippen molar-refractivity contribution in [2.75, 3.05) is 12.3 Å². The standard InChI is InChI=1S/C27H42N2O9S/c1-25(2,3)36-22(31)28-17-19(15-16-20(30)18-39(34,35)21-13-11-10-12-14-21)29(23(32)37-26(4,5)6)24(33)38-27(7,8)9/h10-14,19H,15-18H2,1-9H3,(H,28,31)/t19-/m0/s1. The largest absolute Gasteiger partial charge is 0.444 e. The van der Waals surface area contributed by atoms with Crippen molar-refractivity contribution in [3.05, 3.63) is 30.3 Å². The number of Topliss-reactive ketones (excluding diaryl/α,β-unsaturated/α-hetero) is 1. The minimum atomic E-state index is -3.89. The van der Waals surface area contributed by atoms with Crippen LogP contribution >= 0.6 is 0 Å². The molecule has 11 nitrogen and oxygen atoms in total. The molecule has 1 atom stereocenters. The zero-order valence-electron chi connectivity index (χ0n) is 24.3. The maximum absolute atomic E-state index is 13.1. The number of rotatable bonds is 9. The number of sulfone groups is 1. The van der Waals surface area contributed by atoms with Crippen LogP contribution in [0.3, 0.4) is 0 Å². The second-order valence-corrected chi connectivity index (χ2v) is 14.0. The Hall–Kier alpha value is -3.15. The van der Waals surface area contributed by atoms with Crippen LogP contribution in [0.4, 0.5) is 14.4 Å². The molecule has 0 saturated heterocycles. The highest BCUT2D eigenvalue weighted by molar-refractivity contribution is 7.92. The van der Waals surface area contributed by atoms with Crippen LogP contribution in [0.5, 0.6) is 0 Å². The molecule has 0 aromatic heterocycles. The van der Waals surface area contributed by atoms with Gasteiger partial charge >= 0.3 is 18.3 Å². The number of ether oxygens (including phenoxy) is 3. The van der Waals surface area contributed by atoms with Gasteiger partial charge in [-0.05, 0) is 80.9 Å². The summed E-state index contributed by atoms with van der Waals surface area (Å²) >= 11 is 0. The number of nitrogens with one attached hydrogen (secondary N) is 1. The lowest BCUT2D eigenvalue weighted by Gasteiger charge is -2.33. The maximum atomic E-state index is 13.1. The van der Waals surface area contributed by atoms with E-state index in [0.29, 0.717) is 4.90 Å². The minimum Gasteiger partial charge on any atom is -0.444 e. The van der Waals surface area contributed by atoms with Crippen LogP contribution in [0.15, 0.2) is 35.2 Å². The monoisotopic (exact) mass is 570 g/mol. The van der Waals surface area contributed by atoms with E-state index >= 15 is 0 Å². The van der Waals surface area contributed by atoms with Crippen LogP contribution in [-0.2, 0) is 28.8 Å². The Morgan fingerprint density at radius 2 is 1.26 bits per heavy atom. The summed E-state index contributed by atoms with van der Waals surface area (Å²) in [7, 11) is -3.89. The first-order valence-electron chi connectivity index (χ1n) is 12.6. The molecule has 3 amide bonds. The molecule has 0 bridgehead atoms. The first kappa shape index (κ1) is 33.9. The molecule has 220 valence electrons. The second kappa shape index (κ2) is 13.3. The number of nitrogens with zero attached hydrogens (tertiary/aromatic N) is 1. The molecule has 1 N–H and O–H groups in total. The van der Waals surface area contributed by atoms with Crippen molar-refractivity contribution in [2.45, 2.75) is 103 Å². The topological polar surface area (TPSA) is 145 Å². The quantitative estimate of drug-likeness (QED) is 0.411. The molecule has 0 aliphatic heterocycles. The molecule has 0 saturated carbocycles. The van der Waals surface area contributed by atoms with Crippen molar-refractivity contribution in [3.8, 4) is 0 Å². The van der Waals surface area contributed by atoms with E-state index in [9.17, 15) is 27.6 Å². The third-order valence-electron chi connectivity index (χ3n) is 4.64. The molecule has 1 aromatic carbocycles. The molecule has 39 heavy (non-hydrogen) atoms. The van der Waals surface area contributed by atoms with E-state index < -0.39 is 62.5 Å². The Morgan fingerprint density at radius 3 is 1.69 bits per heavy atom. The summed E-state index contributed by atoms with van der Waals surface area (Å²) in [6.07, 6.45) is -3.38. The van der Waals surface area contributed by atoms with E-state index in [0.717, 1.165) is 0 Å². The highest BCUT2D eigenvalue weighted by Crippen LogP contribution is 2.20. The second-order valence-electron chi connectivity index (χ2n) is 12.0. The third kappa shape index (κ3) is 13.5. The number of hydrogen-bond donors (Lipinski definition) is 1. The van der Waals surface area contributed by atoms with Crippen molar-refractivity contribution >= 4 is 33.9 Å². The average Bonchev–Trinajstić information content (AvgIpc) is 2.72. The maximum Gasteiger partial charge on any atom is 0.420 e. The first-order valence-corrected chi connectivity index (χ1v) is 14.3. The number of alkyl carbamates (subject to hydrolysis) is 1. The van der Waals surface area contributed by atoms with Gasteiger partial charge in [0.15, 0.2) is 9.84 Å². The summed E-state index contributed by atoms with van der Waals surface area (Å²) in [6.45, 7) is 14.4. The highest BCUT2D eigenvalue weighted by Gasteiger charge is 2.37. The average molecular weight is 571 g/mol. The van der Waals surface area contributed by atoms with Gasteiger partial charge in [-0.2, -0.15) is 0 Å². The smallest absolute Gasteiger partial charge is 0.420 e. The molecule has 1 aromatic rings. The summed E-state index contributed by atoms with van der Waals surface area (Å²) < 4.78 is 41.4. The summed E-state index contributed by atoms with van der Waals surface area (Å²) in [5.74, 6) is -1.39. The third-order valence-corrected chi connectivity index (χ3v) is 6.33. The van der Waals surface area contributed by atoms with Gasteiger partial charge in [0.2, 0.25) is 0 Å². The number of benzene rings is 1. The minimum absolute atomic E-state index is 0.00521. The lowest BCUT2D eigenvalue weighted by Crippen LogP contribution is -2.53. The van der Waals surface area contributed by atoms with E-state index in [2.05, 4.69) is 5.32 Å². The molecule has 0 radical (unpaired) electrons. The number of carbonyl (C=O) groups excluding carboxylic acids is 4. The Kier molecular flexibility index (Phi) is 11.5. The summed E-state index contributed by atoms with van der Waals surface area (Å²) in [4.78, 5) is 52.1. The van der Waals surface area contributed by atoms with Crippen LogP contribution in [0.25, 0.3) is 0 Å². The molecule has 0 spiro atoms. The lowest BCUT2D eigenvalue weighted by molar-refractivity contribution is -0.117. The van der Waals surface area contributed by atoms with Gasteiger partial charge in [0.1, 0.15) is 28.3 Å². The van der Waals surface area contributed by atoms with Crippen molar-refractivity contribution in [1.29, 1.82) is 0 Å². The predicted octanol–water partition coefficient (Wildman–Crippen LogP) is 4.88. The molecule has 12 heteroatoms. The molecular formula is C27H42N2O9S. The molecule has 0 fully saturated rings. The number of hydrogen-bond acceptors (Lipinski definition) is 9. The lowest BCUT2D eigenvalue weighted by atomic mass is 10.1. The van der Waals surface area contributed by atoms with Gasteiger partial charge in [-0.3, -0.25) is 4.79 Å². The van der Waals surface area contributed by atoms with Crippen LogP contribution in [0.1, 0.15) is 75.2 Å². The normalized spacial score (nSPS) is 13.2. The number of imide groups is 1. The van der Waals surface area contributed by atoms with Crippen LogP contribution in [0.2, 0.25) is 0 Å². The van der Waals surface area contributed by atoms with E-state index in [4.69, 9.17) is 14.2 Å². The van der Waals surface area contributed by atoms with Crippen molar-refractivity contribution in [1.82, 2.24) is 10.2 Å². The Bertz CT molecular complexity index is 1080. The molecule has 1 rings (SSSR count). The van der Waals surface area contributed by atoms with Gasteiger partial charge in [0.25, 0.3) is 0 Å². The fourth-order valence-corrected chi connectivity index (χ4v) is 4.46. The van der Waals surface area contributed by atoms with Gasteiger partial charge < -0.3 is 19.5 Å². The number of ketones is 1. The summed E-state index contributed by atoms with van der Waals surface area (Å²) in [5, 5.41) is 2.51. The van der Waals surface area contributed by atoms with Crippen LogP contribution in [0, 0.1) is 0 Å². The Labute approximate surface area is 231 Å². The van der Waals surface area contributed by atoms with E-state index in [-0.39, 0.29) is 24.3 Å². The molecule has 0 aliphatic rings. The summed E-state index contributed by atoms with van der Waals surface area (Å²) in [5.41, 5.74) is -2.75. The van der Waals surface area contributed by atoms with Gasteiger partial charge in [-0.1, -0.05) is 18.2 Å². The van der Waals surface area contributed by atoms with Gasteiger partial charge in [0, 0.05) is 13.0 Å². The van der Waals surface area contributed by atoms with Crippen LogP contribution in [-0.4, -0.2) is 72.5 Å². The van der Waals surface area contributed by atoms with Gasteiger partial charge in [-0.15, -0.1) is 0 Å². The van der Waals surface area contributed by atoms with Crippen molar-refractivity contribution in [3.63, 3.8) is 0 Å². The van der Waals surface area contributed by atoms with Crippen LogP contribution < -0.4 is 5.32 Å². The van der Waals surface area contributed by atoms with Crippen molar-refractivity contribution in [2.24, 2.45) is 0 Å². The fourth-order valence-electron chi connectivity index (χ4n) is 3.16. The Morgan fingerprint density at radius 1 is 0.795 bits per heavy atom. The molecule has 0 aliphatic carbocycles. The molecular weight excluding hydrogens is 528 g/mol. The Balaban J connectivity index is 3.24. The van der Waals surface area contributed by atoms with Gasteiger partial charge in [0.05, 0.1) is 10.9 Å². The predicted molar refractivity (Wildman–Crippen MR) is 145 cm³/mol. The van der Waals surface area contributed by atoms with Gasteiger partial charge in [-0.25, -0.2) is 27.7 Å². The zero-order chi connectivity index (χ0) is 30.2. The number of amides is 3. The molecule has 0 heterocycles. The van der Waals surface area contributed by atoms with E-state index in [1.807, 2.05) is 0 Å². The fraction of sp³-hybridized carbons (Fsp3) is 0.630. The van der Waals surface area contributed by atoms with Crippen molar-refractivity contribution < 1.29 is 41.8 Å². The number of carbonyl (C=O) groups is 4. The van der Waals surface area contributed by atoms with E-state index in [1.54, 1.807) is 80.5 Å². The first-order chi connectivity index (χ1) is 17.6. The highest BCUT2D eigenvalue weighted by atomic mass is 32.2. The SMILES string of the molecule is CC(C)(C)OC(=O)NC[C@H](CCC(=O)CS(=O)(=O)c1ccccc1)N(C(=O)OC(C)(C)C)C(=O)OC(C)(C)C. The molecule has 0 unspecified atom stereocenters. The summed E-state index contributed by atoms with van der Waals surface area (Å²) in [6, 6.07) is 6.42. The van der Waals surface area contributed by atoms with E-state index in [1.165, 1.54) is 12.1 Å². The zero-order valence-corrected chi connectivity index (χ0v) is 25.1.